The number of nitrogens with zero attached hydrogens (tertiary/aromatic N) is 3. The zero-order valence-corrected chi connectivity index (χ0v) is 10.7. The molecule has 2 rings (SSSR count). The Balaban J connectivity index is 2.66. The van der Waals surface area contributed by atoms with Gasteiger partial charge in [-0.1, -0.05) is 18.1 Å². The first kappa shape index (κ1) is 12.6. The summed E-state index contributed by atoms with van der Waals surface area (Å²) in [5.74, 6) is 2.97. The average molecular weight is 248 g/mol. The van der Waals surface area contributed by atoms with Crippen molar-refractivity contribution in [2.24, 2.45) is 0 Å². The van der Waals surface area contributed by atoms with Crippen LogP contribution in [0.1, 0.15) is 16.8 Å². The Kier molecular flexibility index (Phi) is 3.45. The second-order valence-electron chi connectivity index (χ2n) is 3.95. The lowest BCUT2D eigenvalue weighted by atomic mass is 10.0. The molecular formula is C15H12N4. The third-order valence-corrected chi connectivity index (χ3v) is 2.83. The average Bonchev–Trinajstić information content (AvgIpc) is 2.46. The standard InChI is InChI=1S/C15H12N4/c1-4-12-8-14(19-15(17-3)18-12)13-7-5-6-11(9-16)10(13)2/h1,5-8H,2-3H3,(H,17,18,19). The Bertz CT molecular complexity index is 705. The van der Waals surface area contributed by atoms with Crippen LogP contribution < -0.4 is 5.32 Å². The normalized spacial score (nSPS) is 9.47. The van der Waals surface area contributed by atoms with Crippen molar-refractivity contribution in [3.63, 3.8) is 0 Å². The van der Waals surface area contributed by atoms with Crippen molar-refractivity contribution in [1.29, 1.82) is 5.26 Å². The second kappa shape index (κ2) is 5.20. The first-order valence-electron chi connectivity index (χ1n) is 5.73. The van der Waals surface area contributed by atoms with Crippen LogP contribution in [0.3, 0.4) is 0 Å². The van der Waals surface area contributed by atoms with Crippen LogP contribution in [0.25, 0.3) is 11.3 Å². The fourth-order valence-electron chi connectivity index (χ4n) is 1.81. The molecule has 0 unspecified atom stereocenters. The van der Waals surface area contributed by atoms with Gasteiger partial charge in [-0.05, 0) is 24.6 Å². The van der Waals surface area contributed by atoms with E-state index in [1.165, 1.54) is 0 Å². The van der Waals surface area contributed by atoms with E-state index in [9.17, 15) is 0 Å². The molecule has 1 aromatic heterocycles. The maximum Gasteiger partial charge on any atom is 0.224 e. The van der Waals surface area contributed by atoms with Crippen LogP contribution >= 0.6 is 0 Å². The van der Waals surface area contributed by atoms with E-state index < -0.39 is 0 Å². The number of terminal acetylenes is 1. The lowest BCUT2D eigenvalue weighted by Gasteiger charge is -2.08. The Labute approximate surface area is 112 Å². The van der Waals surface area contributed by atoms with Crippen LogP contribution in [0.15, 0.2) is 24.3 Å². The molecule has 0 aliphatic heterocycles. The number of hydrogen-bond acceptors (Lipinski definition) is 4. The maximum absolute atomic E-state index is 9.06. The third kappa shape index (κ3) is 2.38. The molecule has 4 nitrogen and oxygen atoms in total. The zero-order valence-electron chi connectivity index (χ0n) is 10.7. The summed E-state index contributed by atoms with van der Waals surface area (Å²) in [5.41, 5.74) is 3.62. The SMILES string of the molecule is C#Cc1cc(-c2cccc(C#N)c2C)nc(NC)n1. The maximum atomic E-state index is 9.06. The first-order chi connectivity index (χ1) is 9.19. The summed E-state index contributed by atoms with van der Waals surface area (Å²) >= 11 is 0. The smallest absolute Gasteiger partial charge is 0.224 e. The Morgan fingerprint density at radius 1 is 1.32 bits per heavy atom. The predicted molar refractivity (Wildman–Crippen MR) is 74.4 cm³/mol. The number of anilines is 1. The minimum Gasteiger partial charge on any atom is -0.357 e. The summed E-state index contributed by atoms with van der Waals surface area (Å²) < 4.78 is 0. The highest BCUT2D eigenvalue weighted by atomic mass is 15.1. The van der Waals surface area contributed by atoms with Gasteiger partial charge in [-0.25, -0.2) is 9.97 Å². The van der Waals surface area contributed by atoms with Gasteiger partial charge in [-0.2, -0.15) is 5.26 Å². The van der Waals surface area contributed by atoms with E-state index in [2.05, 4.69) is 27.3 Å². The van der Waals surface area contributed by atoms with E-state index in [-0.39, 0.29) is 0 Å². The predicted octanol–water partition coefficient (Wildman–Crippen LogP) is 2.35. The van der Waals surface area contributed by atoms with Gasteiger partial charge in [0.25, 0.3) is 0 Å². The molecule has 4 heteroatoms. The number of aromatic nitrogens is 2. The lowest BCUT2D eigenvalue weighted by molar-refractivity contribution is 1.13. The number of hydrogen-bond donors (Lipinski definition) is 1. The van der Waals surface area contributed by atoms with E-state index >= 15 is 0 Å². The summed E-state index contributed by atoms with van der Waals surface area (Å²) in [6.07, 6.45) is 5.39. The van der Waals surface area contributed by atoms with Gasteiger partial charge in [0.1, 0.15) is 5.69 Å². The van der Waals surface area contributed by atoms with Crippen molar-refractivity contribution in [3.8, 4) is 29.7 Å². The Morgan fingerprint density at radius 3 is 2.74 bits per heavy atom. The molecule has 0 saturated carbocycles. The Morgan fingerprint density at radius 2 is 2.11 bits per heavy atom. The van der Waals surface area contributed by atoms with E-state index in [1.807, 2.05) is 19.1 Å². The molecule has 0 atom stereocenters. The van der Waals surface area contributed by atoms with E-state index in [0.29, 0.717) is 22.9 Å². The van der Waals surface area contributed by atoms with Crippen LogP contribution in [0.2, 0.25) is 0 Å². The van der Waals surface area contributed by atoms with Gasteiger partial charge in [0.05, 0.1) is 17.3 Å². The molecule has 92 valence electrons. The molecule has 0 fully saturated rings. The molecule has 0 amide bonds. The van der Waals surface area contributed by atoms with Crippen LogP contribution in [-0.4, -0.2) is 17.0 Å². The molecule has 1 heterocycles. The third-order valence-electron chi connectivity index (χ3n) is 2.83. The minimum absolute atomic E-state index is 0.465. The summed E-state index contributed by atoms with van der Waals surface area (Å²) in [4.78, 5) is 8.52. The van der Waals surface area contributed by atoms with Crippen LogP contribution in [-0.2, 0) is 0 Å². The summed E-state index contributed by atoms with van der Waals surface area (Å²) in [6.45, 7) is 1.89. The highest BCUT2D eigenvalue weighted by molar-refractivity contribution is 5.68. The van der Waals surface area contributed by atoms with E-state index in [1.54, 1.807) is 19.2 Å². The molecule has 0 aliphatic carbocycles. The summed E-state index contributed by atoms with van der Waals surface area (Å²) in [7, 11) is 1.73. The molecule has 0 radical (unpaired) electrons. The fourth-order valence-corrected chi connectivity index (χ4v) is 1.81. The van der Waals surface area contributed by atoms with Crippen molar-refractivity contribution in [2.45, 2.75) is 6.92 Å². The molecule has 1 N–H and O–H groups in total. The van der Waals surface area contributed by atoms with Gasteiger partial charge in [0, 0.05) is 12.6 Å². The monoisotopic (exact) mass is 248 g/mol. The summed E-state index contributed by atoms with van der Waals surface area (Å²) in [5, 5.41) is 11.9. The highest BCUT2D eigenvalue weighted by Crippen LogP contribution is 2.25. The molecule has 0 saturated heterocycles. The van der Waals surface area contributed by atoms with Crippen molar-refractivity contribution in [3.05, 3.63) is 41.1 Å². The van der Waals surface area contributed by atoms with Crippen LogP contribution in [0, 0.1) is 30.6 Å². The number of benzene rings is 1. The van der Waals surface area contributed by atoms with Crippen molar-refractivity contribution < 1.29 is 0 Å². The van der Waals surface area contributed by atoms with Crippen molar-refractivity contribution in [2.75, 3.05) is 12.4 Å². The zero-order chi connectivity index (χ0) is 13.8. The minimum atomic E-state index is 0.465. The summed E-state index contributed by atoms with van der Waals surface area (Å²) in [6, 6.07) is 9.43. The van der Waals surface area contributed by atoms with Gasteiger partial charge in [0.15, 0.2) is 0 Å². The molecule has 1 aromatic carbocycles. The van der Waals surface area contributed by atoms with Gasteiger partial charge in [0.2, 0.25) is 5.95 Å². The van der Waals surface area contributed by atoms with Crippen molar-refractivity contribution in [1.82, 2.24) is 9.97 Å². The number of nitriles is 1. The van der Waals surface area contributed by atoms with Crippen LogP contribution in [0.5, 0.6) is 0 Å². The second-order valence-corrected chi connectivity index (χ2v) is 3.95. The Hall–Kier alpha value is -2.85. The largest absolute Gasteiger partial charge is 0.357 e. The topological polar surface area (TPSA) is 61.6 Å². The molecule has 0 aliphatic rings. The fraction of sp³-hybridized carbons (Fsp3) is 0.133. The van der Waals surface area contributed by atoms with Gasteiger partial charge < -0.3 is 5.32 Å². The lowest BCUT2D eigenvalue weighted by Crippen LogP contribution is -2.00. The first-order valence-corrected chi connectivity index (χ1v) is 5.73. The number of rotatable bonds is 2. The molecular weight excluding hydrogens is 236 g/mol. The van der Waals surface area contributed by atoms with Gasteiger partial charge >= 0.3 is 0 Å². The van der Waals surface area contributed by atoms with Gasteiger partial charge in [-0.3, -0.25) is 0 Å². The molecule has 19 heavy (non-hydrogen) atoms. The van der Waals surface area contributed by atoms with Gasteiger partial charge in [-0.15, -0.1) is 6.42 Å². The number of nitrogens with one attached hydrogen (secondary N) is 1. The van der Waals surface area contributed by atoms with E-state index in [4.69, 9.17) is 11.7 Å². The van der Waals surface area contributed by atoms with Crippen LogP contribution in [0.4, 0.5) is 5.95 Å². The quantitative estimate of drug-likeness (QED) is 0.829. The van der Waals surface area contributed by atoms with E-state index in [0.717, 1.165) is 11.1 Å². The molecule has 2 aromatic rings. The highest BCUT2D eigenvalue weighted by Gasteiger charge is 2.09. The molecule has 0 bridgehead atoms. The molecule has 0 spiro atoms. The van der Waals surface area contributed by atoms with Crippen molar-refractivity contribution >= 4 is 5.95 Å².